The first-order valence-electron chi connectivity index (χ1n) is 7.13. The quantitative estimate of drug-likeness (QED) is 0.833. The van der Waals surface area contributed by atoms with Crippen LogP contribution in [-0.4, -0.2) is 48.0 Å². The zero-order valence-corrected chi connectivity index (χ0v) is 12.7. The fraction of sp³-hybridized carbons (Fsp3) is 0.929. The molecule has 2 rings (SSSR count). The predicted molar refractivity (Wildman–Crippen MR) is 77.9 cm³/mol. The van der Waals surface area contributed by atoms with E-state index < -0.39 is 0 Å². The molecule has 2 atom stereocenters. The second-order valence-corrected chi connectivity index (χ2v) is 7.74. The maximum Gasteiger partial charge on any atom is 0.228 e. The molecule has 18 heavy (non-hydrogen) atoms. The van der Waals surface area contributed by atoms with E-state index in [1.165, 1.54) is 12.8 Å². The zero-order chi connectivity index (χ0) is 13.2. The van der Waals surface area contributed by atoms with E-state index in [4.69, 9.17) is 0 Å². The van der Waals surface area contributed by atoms with Crippen LogP contribution in [0.15, 0.2) is 0 Å². The van der Waals surface area contributed by atoms with Gasteiger partial charge in [-0.15, -0.1) is 0 Å². The minimum atomic E-state index is -0.213. The number of hydrogen-bond acceptors (Lipinski definition) is 3. The van der Waals surface area contributed by atoms with Gasteiger partial charge in [0.05, 0.1) is 0 Å². The van der Waals surface area contributed by atoms with Crippen molar-refractivity contribution in [2.45, 2.75) is 38.9 Å². The lowest BCUT2D eigenvalue weighted by atomic mass is 9.74. The average Bonchev–Trinajstić information content (AvgIpc) is 2.39. The molecule has 2 heterocycles. The van der Waals surface area contributed by atoms with Gasteiger partial charge >= 0.3 is 0 Å². The lowest BCUT2D eigenvalue weighted by molar-refractivity contribution is -0.143. The fourth-order valence-electron chi connectivity index (χ4n) is 3.05. The van der Waals surface area contributed by atoms with Crippen LogP contribution in [0.2, 0.25) is 0 Å². The second-order valence-electron chi connectivity index (χ2n) is 6.20. The smallest absolute Gasteiger partial charge is 0.228 e. The van der Waals surface area contributed by atoms with Gasteiger partial charge in [-0.3, -0.25) is 4.79 Å². The van der Waals surface area contributed by atoms with Gasteiger partial charge in [0.15, 0.2) is 0 Å². The van der Waals surface area contributed by atoms with Crippen molar-refractivity contribution in [3.8, 4) is 0 Å². The van der Waals surface area contributed by atoms with E-state index in [0.29, 0.717) is 17.1 Å². The number of thioether (sulfide) groups is 1. The van der Waals surface area contributed by atoms with Crippen LogP contribution in [0.4, 0.5) is 0 Å². The molecule has 2 saturated heterocycles. The van der Waals surface area contributed by atoms with Crippen molar-refractivity contribution in [2.24, 2.45) is 11.3 Å². The van der Waals surface area contributed by atoms with Crippen molar-refractivity contribution < 1.29 is 4.79 Å². The van der Waals surface area contributed by atoms with Crippen LogP contribution in [0, 0.1) is 11.3 Å². The van der Waals surface area contributed by atoms with Gasteiger partial charge in [-0.05, 0) is 31.8 Å². The first-order chi connectivity index (χ1) is 8.51. The Kier molecular flexibility index (Phi) is 4.59. The third-order valence-corrected chi connectivity index (χ3v) is 5.53. The highest BCUT2D eigenvalue weighted by atomic mass is 32.2. The fourth-order valence-corrected chi connectivity index (χ4v) is 4.07. The number of carbonyl (C=O) groups is 1. The van der Waals surface area contributed by atoms with Gasteiger partial charge in [-0.25, -0.2) is 0 Å². The Balaban J connectivity index is 2.01. The summed E-state index contributed by atoms with van der Waals surface area (Å²) in [5, 5.41) is 4.02. The van der Waals surface area contributed by atoms with Crippen LogP contribution in [0.5, 0.6) is 0 Å². The van der Waals surface area contributed by atoms with Crippen LogP contribution in [0.25, 0.3) is 0 Å². The maximum atomic E-state index is 12.8. The summed E-state index contributed by atoms with van der Waals surface area (Å²) in [5.41, 5.74) is -0.213. The molecule has 0 aromatic heterocycles. The van der Waals surface area contributed by atoms with E-state index in [2.05, 4.69) is 31.0 Å². The minimum absolute atomic E-state index is 0.213. The minimum Gasteiger partial charge on any atom is -0.340 e. The molecule has 1 amide bonds. The molecule has 104 valence electrons. The summed E-state index contributed by atoms with van der Waals surface area (Å²) in [4.78, 5) is 14.8. The summed E-state index contributed by atoms with van der Waals surface area (Å²) < 4.78 is 0. The molecule has 0 aliphatic carbocycles. The number of nitrogens with one attached hydrogen (secondary N) is 1. The average molecular weight is 270 g/mol. The molecule has 0 bridgehead atoms. The topological polar surface area (TPSA) is 32.3 Å². The van der Waals surface area contributed by atoms with Gasteiger partial charge in [-0.1, -0.05) is 20.8 Å². The first kappa shape index (κ1) is 14.2. The van der Waals surface area contributed by atoms with Gasteiger partial charge < -0.3 is 10.2 Å². The second kappa shape index (κ2) is 5.83. The Bertz CT molecular complexity index is 300. The third kappa shape index (κ3) is 3.02. The van der Waals surface area contributed by atoms with E-state index in [1.54, 1.807) is 0 Å². The standard InChI is InChI=1S/C14H26N2OS/c1-11-10-16(7-8-18-11)13(17)14(2,3)12-5-4-6-15-9-12/h11-12,15H,4-10H2,1-3H3. The number of carbonyl (C=O) groups excluding carboxylic acids is 1. The van der Waals surface area contributed by atoms with Crippen molar-refractivity contribution >= 4 is 17.7 Å². The Labute approximate surface area is 115 Å². The number of nitrogens with zero attached hydrogens (tertiary/aromatic N) is 1. The summed E-state index contributed by atoms with van der Waals surface area (Å²) >= 11 is 1.98. The highest BCUT2D eigenvalue weighted by molar-refractivity contribution is 7.99. The van der Waals surface area contributed by atoms with Crippen LogP contribution in [0.3, 0.4) is 0 Å². The molecule has 0 aromatic rings. The van der Waals surface area contributed by atoms with E-state index in [0.717, 1.165) is 31.9 Å². The van der Waals surface area contributed by atoms with Crippen molar-refractivity contribution in [1.29, 1.82) is 0 Å². The molecule has 0 aromatic carbocycles. The number of rotatable bonds is 2. The first-order valence-corrected chi connectivity index (χ1v) is 8.18. The maximum absolute atomic E-state index is 12.8. The highest BCUT2D eigenvalue weighted by Gasteiger charge is 2.40. The van der Waals surface area contributed by atoms with Crippen LogP contribution in [0.1, 0.15) is 33.6 Å². The molecule has 2 fully saturated rings. The molecule has 2 aliphatic rings. The third-order valence-electron chi connectivity index (χ3n) is 4.40. The van der Waals surface area contributed by atoms with Crippen molar-refractivity contribution in [3.63, 3.8) is 0 Å². The Morgan fingerprint density at radius 2 is 2.22 bits per heavy atom. The molecular weight excluding hydrogens is 244 g/mol. The molecule has 4 heteroatoms. The van der Waals surface area contributed by atoms with E-state index in [-0.39, 0.29) is 5.41 Å². The molecular formula is C14H26N2OS. The van der Waals surface area contributed by atoms with Crippen LogP contribution < -0.4 is 5.32 Å². The van der Waals surface area contributed by atoms with Gasteiger partial charge in [-0.2, -0.15) is 11.8 Å². The summed E-state index contributed by atoms with van der Waals surface area (Å²) in [6.45, 7) is 10.5. The molecule has 0 spiro atoms. The lowest BCUT2D eigenvalue weighted by Gasteiger charge is -2.41. The Morgan fingerprint density at radius 3 is 2.83 bits per heavy atom. The van der Waals surface area contributed by atoms with E-state index in [1.807, 2.05) is 11.8 Å². The summed E-state index contributed by atoms with van der Waals surface area (Å²) in [6, 6.07) is 0. The molecule has 0 saturated carbocycles. The number of hydrogen-bond donors (Lipinski definition) is 1. The molecule has 2 aliphatic heterocycles. The van der Waals surface area contributed by atoms with Crippen LogP contribution >= 0.6 is 11.8 Å². The molecule has 0 radical (unpaired) electrons. The Morgan fingerprint density at radius 1 is 1.44 bits per heavy atom. The number of amides is 1. The van der Waals surface area contributed by atoms with Gasteiger partial charge in [0.1, 0.15) is 0 Å². The van der Waals surface area contributed by atoms with Gasteiger partial charge in [0.2, 0.25) is 5.91 Å². The predicted octanol–water partition coefficient (Wildman–Crippen LogP) is 1.98. The van der Waals surface area contributed by atoms with E-state index in [9.17, 15) is 4.79 Å². The lowest BCUT2D eigenvalue weighted by Crippen LogP contribution is -2.51. The van der Waals surface area contributed by atoms with Crippen molar-refractivity contribution in [3.05, 3.63) is 0 Å². The molecule has 3 nitrogen and oxygen atoms in total. The zero-order valence-electron chi connectivity index (χ0n) is 11.9. The Hall–Kier alpha value is -0.220. The normalized spacial score (nSPS) is 30.3. The van der Waals surface area contributed by atoms with Crippen molar-refractivity contribution in [1.82, 2.24) is 10.2 Å². The van der Waals surface area contributed by atoms with Crippen LogP contribution in [-0.2, 0) is 4.79 Å². The molecule has 2 unspecified atom stereocenters. The largest absolute Gasteiger partial charge is 0.340 e. The summed E-state index contributed by atoms with van der Waals surface area (Å²) in [7, 11) is 0. The summed E-state index contributed by atoms with van der Waals surface area (Å²) in [5.74, 6) is 1.94. The molecule has 1 N–H and O–H groups in total. The summed E-state index contributed by atoms with van der Waals surface area (Å²) in [6.07, 6.45) is 2.39. The SMILES string of the molecule is CC1CN(C(=O)C(C)(C)C2CCCNC2)CCS1. The van der Waals surface area contributed by atoms with Crippen molar-refractivity contribution in [2.75, 3.05) is 31.9 Å². The number of piperidine rings is 1. The van der Waals surface area contributed by atoms with E-state index >= 15 is 0 Å². The monoisotopic (exact) mass is 270 g/mol. The van der Waals surface area contributed by atoms with Gasteiger partial charge in [0.25, 0.3) is 0 Å². The van der Waals surface area contributed by atoms with Gasteiger partial charge in [0, 0.05) is 29.5 Å². The highest BCUT2D eigenvalue weighted by Crippen LogP contribution is 2.34.